The third-order valence-electron chi connectivity index (χ3n) is 4.00. The molecule has 1 saturated heterocycles. The van der Waals surface area contributed by atoms with Crippen molar-refractivity contribution in [1.29, 1.82) is 0 Å². The van der Waals surface area contributed by atoms with Crippen LogP contribution in [0.25, 0.3) is 0 Å². The Kier molecular flexibility index (Phi) is 4.82. The van der Waals surface area contributed by atoms with Gasteiger partial charge in [-0.15, -0.1) is 0 Å². The van der Waals surface area contributed by atoms with Gasteiger partial charge in [-0.25, -0.2) is 22.0 Å². The largest absolute Gasteiger partial charge is 0.350 e. The van der Waals surface area contributed by atoms with E-state index in [4.69, 9.17) is 0 Å². The molecular weight excluding hydrogens is 357 g/mol. The predicted octanol–water partition coefficient (Wildman–Crippen LogP) is 3.14. The van der Waals surface area contributed by atoms with Crippen LogP contribution >= 0.6 is 0 Å². The fraction of sp³-hybridized carbons (Fsp3) is 0.235. The SMILES string of the molecule is Cc1ccc(Nc2c(F)c(F)c(F)c(F)c2C(=O)NC2CNC2)c(F)c1. The number of amides is 1. The third kappa shape index (κ3) is 3.22. The summed E-state index contributed by atoms with van der Waals surface area (Å²) in [5.74, 6) is -9.86. The van der Waals surface area contributed by atoms with Crippen LogP contribution in [-0.4, -0.2) is 25.0 Å². The minimum absolute atomic E-state index is 0.320. The van der Waals surface area contributed by atoms with Gasteiger partial charge < -0.3 is 16.0 Å². The fourth-order valence-electron chi connectivity index (χ4n) is 2.47. The Balaban J connectivity index is 2.07. The highest BCUT2D eigenvalue weighted by molar-refractivity contribution is 6.01. The normalized spacial score (nSPS) is 14.1. The Morgan fingerprint density at radius 2 is 1.69 bits per heavy atom. The lowest BCUT2D eigenvalue weighted by Gasteiger charge is -2.28. The molecule has 0 bridgehead atoms. The van der Waals surface area contributed by atoms with E-state index in [0.29, 0.717) is 18.7 Å². The van der Waals surface area contributed by atoms with Crippen molar-refractivity contribution in [1.82, 2.24) is 10.6 Å². The van der Waals surface area contributed by atoms with Crippen molar-refractivity contribution in [2.45, 2.75) is 13.0 Å². The van der Waals surface area contributed by atoms with E-state index in [2.05, 4.69) is 16.0 Å². The summed E-state index contributed by atoms with van der Waals surface area (Å²) in [4.78, 5) is 12.3. The lowest BCUT2D eigenvalue weighted by atomic mass is 10.1. The van der Waals surface area contributed by atoms with Crippen LogP contribution in [0.15, 0.2) is 18.2 Å². The number of halogens is 5. The van der Waals surface area contributed by atoms with Gasteiger partial charge in [-0.2, -0.15) is 0 Å². The maximum atomic E-state index is 14.2. The summed E-state index contributed by atoms with van der Waals surface area (Å²) in [6.45, 7) is 2.40. The molecule has 1 aliphatic heterocycles. The zero-order chi connectivity index (χ0) is 19.0. The molecule has 2 aromatic rings. The van der Waals surface area contributed by atoms with E-state index in [-0.39, 0.29) is 11.7 Å². The number of hydrogen-bond donors (Lipinski definition) is 3. The van der Waals surface area contributed by atoms with Crippen LogP contribution in [-0.2, 0) is 0 Å². The van der Waals surface area contributed by atoms with Crippen molar-refractivity contribution in [2.75, 3.05) is 18.4 Å². The summed E-state index contributed by atoms with van der Waals surface area (Å²) >= 11 is 0. The molecule has 3 rings (SSSR count). The van der Waals surface area contributed by atoms with E-state index in [9.17, 15) is 26.7 Å². The summed E-state index contributed by atoms with van der Waals surface area (Å²) in [6, 6.07) is 3.43. The molecule has 26 heavy (non-hydrogen) atoms. The molecule has 1 fully saturated rings. The topological polar surface area (TPSA) is 53.2 Å². The minimum atomic E-state index is -2.12. The second kappa shape index (κ2) is 6.91. The smallest absolute Gasteiger partial charge is 0.256 e. The molecule has 0 aliphatic carbocycles. The summed E-state index contributed by atoms with van der Waals surface area (Å²) in [5, 5.41) is 7.38. The van der Waals surface area contributed by atoms with E-state index in [1.165, 1.54) is 12.1 Å². The van der Waals surface area contributed by atoms with Crippen LogP contribution in [0.2, 0.25) is 0 Å². The Hall–Kier alpha value is -2.68. The Labute approximate surface area is 145 Å². The van der Waals surface area contributed by atoms with Gasteiger partial charge in [-0.1, -0.05) is 6.07 Å². The molecule has 4 nitrogen and oxygen atoms in total. The van der Waals surface area contributed by atoms with Crippen LogP contribution in [0.3, 0.4) is 0 Å². The van der Waals surface area contributed by atoms with Crippen molar-refractivity contribution in [2.24, 2.45) is 0 Å². The molecule has 9 heteroatoms. The van der Waals surface area contributed by atoms with Crippen LogP contribution in [0.4, 0.5) is 33.3 Å². The molecule has 1 aliphatic rings. The zero-order valence-electron chi connectivity index (χ0n) is 13.5. The lowest BCUT2D eigenvalue weighted by molar-refractivity contribution is 0.0919. The number of carbonyl (C=O) groups is 1. The molecule has 1 amide bonds. The first-order chi connectivity index (χ1) is 12.3. The van der Waals surface area contributed by atoms with Gasteiger partial charge >= 0.3 is 0 Å². The predicted molar refractivity (Wildman–Crippen MR) is 84.8 cm³/mol. The maximum Gasteiger partial charge on any atom is 0.256 e. The average molecular weight is 371 g/mol. The number of nitrogens with one attached hydrogen (secondary N) is 3. The third-order valence-corrected chi connectivity index (χ3v) is 4.00. The standard InChI is InChI=1S/C17H14F5N3O/c1-7-2-3-10(9(18)4-7)25-16-11(17(26)24-8-5-23-6-8)12(19)13(20)14(21)15(16)22/h2-4,8,23,25H,5-6H2,1H3,(H,24,26). The Morgan fingerprint density at radius 1 is 1.04 bits per heavy atom. The van der Waals surface area contributed by atoms with E-state index in [1.54, 1.807) is 6.92 Å². The second-order valence-electron chi connectivity index (χ2n) is 5.94. The molecule has 2 aromatic carbocycles. The molecule has 0 unspecified atom stereocenters. The first-order valence-electron chi connectivity index (χ1n) is 7.70. The van der Waals surface area contributed by atoms with Gasteiger partial charge in [0.25, 0.3) is 5.91 Å². The first-order valence-corrected chi connectivity index (χ1v) is 7.70. The zero-order valence-corrected chi connectivity index (χ0v) is 13.5. The van der Waals surface area contributed by atoms with Gasteiger partial charge in [-0.3, -0.25) is 4.79 Å². The minimum Gasteiger partial charge on any atom is -0.350 e. The summed E-state index contributed by atoms with van der Waals surface area (Å²) in [5.41, 5.74) is -1.80. The number of hydrogen-bond acceptors (Lipinski definition) is 3. The molecular formula is C17H14F5N3O. The molecule has 0 aromatic heterocycles. The highest BCUT2D eigenvalue weighted by Gasteiger charge is 2.31. The van der Waals surface area contributed by atoms with E-state index >= 15 is 0 Å². The van der Waals surface area contributed by atoms with Crippen LogP contribution in [0.1, 0.15) is 15.9 Å². The number of rotatable bonds is 4. The highest BCUT2D eigenvalue weighted by Crippen LogP contribution is 2.32. The first kappa shape index (κ1) is 18.1. The number of carbonyl (C=O) groups excluding carboxylic acids is 1. The molecule has 0 radical (unpaired) electrons. The van der Waals surface area contributed by atoms with Crippen molar-refractivity contribution in [3.05, 3.63) is 58.4 Å². The van der Waals surface area contributed by atoms with Crippen LogP contribution < -0.4 is 16.0 Å². The molecule has 0 atom stereocenters. The molecule has 0 spiro atoms. The number of aryl methyl sites for hydroxylation is 1. The molecule has 0 saturated carbocycles. The van der Waals surface area contributed by atoms with Gasteiger partial charge in [0.2, 0.25) is 0 Å². The molecule has 3 N–H and O–H groups in total. The van der Waals surface area contributed by atoms with Crippen LogP contribution in [0, 0.1) is 36.0 Å². The average Bonchev–Trinajstić information content (AvgIpc) is 2.56. The Bertz CT molecular complexity index is 883. The van der Waals surface area contributed by atoms with Gasteiger partial charge in [-0.05, 0) is 24.6 Å². The number of benzene rings is 2. The highest BCUT2D eigenvalue weighted by atomic mass is 19.2. The monoisotopic (exact) mass is 371 g/mol. The van der Waals surface area contributed by atoms with E-state index in [1.807, 2.05) is 0 Å². The fourth-order valence-corrected chi connectivity index (χ4v) is 2.47. The Morgan fingerprint density at radius 3 is 2.27 bits per heavy atom. The number of anilines is 2. The summed E-state index contributed by atoms with van der Waals surface area (Å²) < 4.78 is 69.7. The summed E-state index contributed by atoms with van der Waals surface area (Å²) in [7, 11) is 0. The van der Waals surface area contributed by atoms with Crippen molar-refractivity contribution < 1.29 is 26.7 Å². The quantitative estimate of drug-likeness (QED) is 0.440. The lowest BCUT2D eigenvalue weighted by Crippen LogP contribution is -2.57. The van der Waals surface area contributed by atoms with E-state index < -0.39 is 46.2 Å². The summed E-state index contributed by atoms with van der Waals surface area (Å²) in [6.07, 6.45) is 0. The maximum absolute atomic E-state index is 14.2. The second-order valence-corrected chi connectivity index (χ2v) is 5.94. The van der Waals surface area contributed by atoms with Gasteiger partial charge in [0, 0.05) is 13.1 Å². The van der Waals surface area contributed by atoms with Crippen molar-refractivity contribution >= 4 is 17.3 Å². The van der Waals surface area contributed by atoms with Gasteiger partial charge in [0.1, 0.15) is 11.4 Å². The van der Waals surface area contributed by atoms with Crippen molar-refractivity contribution in [3.63, 3.8) is 0 Å². The molecule has 138 valence electrons. The van der Waals surface area contributed by atoms with Crippen molar-refractivity contribution in [3.8, 4) is 0 Å². The van der Waals surface area contributed by atoms with E-state index in [0.717, 1.165) is 6.07 Å². The van der Waals surface area contributed by atoms with Gasteiger partial charge in [0.15, 0.2) is 23.3 Å². The molecule has 1 heterocycles. The van der Waals surface area contributed by atoms with Crippen LogP contribution in [0.5, 0.6) is 0 Å². The van der Waals surface area contributed by atoms with Gasteiger partial charge in [0.05, 0.1) is 17.4 Å².